The van der Waals surface area contributed by atoms with Crippen molar-refractivity contribution in [1.82, 2.24) is 9.97 Å². The first-order chi connectivity index (χ1) is 9.12. The van der Waals surface area contributed by atoms with Crippen LogP contribution in [0.3, 0.4) is 0 Å². The zero-order valence-electron chi connectivity index (χ0n) is 10.9. The van der Waals surface area contributed by atoms with Gasteiger partial charge >= 0.3 is 0 Å². The van der Waals surface area contributed by atoms with E-state index >= 15 is 0 Å². The number of halogens is 1. The number of hydrogen-bond donors (Lipinski definition) is 1. The molecule has 0 amide bonds. The minimum Gasteiger partial charge on any atom is -0.439 e. The molecule has 0 saturated carbocycles. The van der Waals surface area contributed by atoms with Crippen LogP contribution < -0.4 is 10.1 Å². The smallest absolute Gasteiger partial charge is 0.225 e. The predicted molar refractivity (Wildman–Crippen MR) is 82.3 cm³/mol. The lowest BCUT2D eigenvalue weighted by Crippen LogP contribution is -1.98. The summed E-state index contributed by atoms with van der Waals surface area (Å²) < 4.78 is 6.83. The minimum absolute atomic E-state index is 0.533. The van der Waals surface area contributed by atoms with E-state index in [4.69, 9.17) is 4.74 Å². The Kier molecular flexibility index (Phi) is 4.66. The van der Waals surface area contributed by atoms with Crippen molar-refractivity contribution in [2.75, 3.05) is 18.6 Å². The molecule has 100 valence electrons. The van der Waals surface area contributed by atoms with Gasteiger partial charge in [-0.25, -0.2) is 4.98 Å². The Bertz CT molecular complexity index is 570. The number of anilines is 1. The molecule has 1 heterocycles. The second-order valence-electron chi connectivity index (χ2n) is 3.84. The molecule has 0 aliphatic carbocycles. The minimum atomic E-state index is 0.533. The second kappa shape index (κ2) is 6.25. The molecule has 19 heavy (non-hydrogen) atoms. The van der Waals surface area contributed by atoms with Crippen LogP contribution in [0.4, 0.5) is 5.82 Å². The number of benzene rings is 1. The Hall–Kier alpha value is -1.27. The number of ether oxygens (including phenoxy) is 1. The van der Waals surface area contributed by atoms with Crippen LogP contribution in [-0.4, -0.2) is 23.3 Å². The molecule has 1 N–H and O–H groups in total. The molecule has 0 aliphatic rings. The highest BCUT2D eigenvalue weighted by atomic mass is 79.9. The maximum absolute atomic E-state index is 5.77. The van der Waals surface area contributed by atoms with E-state index < -0.39 is 0 Å². The van der Waals surface area contributed by atoms with Gasteiger partial charge in [-0.1, -0.05) is 27.7 Å². The molecule has 0 spiro atoms. The van der Waals surface area contributed by atoms with Gasteiger partial charge in [0.25, 0.3) is 0 Å². The molecule has 0 bridgehead atoms. The zero-order valence-corrected chi connectivity index (χ0v) is 13.3. The fraction of sp³-hybridized carbons (Fsp3) is 0.231. The van der Waals surface area contributed by atoms with Crippen molar-refractivity contribution in [1.29, 1.82) is 0 Å². The van der Waals surface area contributed by atoms with Gasteiger partial charge in [-0.2, -0.15) is 4.98 Å². The molecular weight excluding hydrogens is 326 g/mol. The number of hydrogen-bond acceptors (Lipinski definition) is 5. The lowest BCUT2D eigenvalue weighted by molar-refractivity contribution is 0.455. The quantitative estimate of drug-likeness (QED) is 0.671. The van der Waals surface area contributed by atoms with Gasteiger partial charge in [0.2, 0.25) is 5.88 Å². The van der Waals surface area contributed by atoms with E-state index in [9.17, 15) is 0 Å². The molecule has 0 aliphatic heterocycles. The summed E-state index contributed by atoms with van der Waals surface area (Å²) in [4.78, 5) is 8.62. The first-order valence-corrected chi connectivity index (χ1v) is 7.69. The average Bonchev–Trinajstić information content (AvgIpc) is 2.42. The topological polar surface area (TPSA) is 47.0 Å². The first kappa shape index (κ1) is 14.1. The lowest BCUT2D eigenvalue weighted by Gasteiger charge is -2.09. The summed E-state index contributed by atoms with van der Waals surface area (Å²) in [5.74, 6) is 2.03. The van der Waals surface area contributed by atoms with Gasteiger partial charge in [0.1, 0.15) is 11.6 Å². The van der Waals surface area contributed by atoms with Crippen LogP contribution in [0.5, 0.6) is 11.6 Å². The molecule has 0 unspecified atom stereocenters. The zero-order chi connectivity index (χ0) is 13.8. The van der Waals surface area contributed by atoms with E-state index in [1.807, 2.05) is 38.4 Å². The monoisotopic (exact) mass is 339 g/mol. The third-order valence-electron chi connectivity index (χ3n) is 2.47. The highest BCUT2D eigenvalue weighted by Gasteiger charge is 2.06. The van der Waals surface area contributed by atoms with Crippen molar-refractivity contribution in [2.24, 2.45) is 0 Å². The van der Waals surface area contributed by atoms with Crippen molar-refractivity contribution >= 4 is 33.5 Å². The highest BCUT2D eigenvalue weighted by Crippen LogP contribution is 2.27. The summed E-state index contributed by atoms with van der Waals surface area (Å²) in [6.45, 7) is 2.02. The predicted octanol–water partition coefficient (Wildman–Crippen LogP) is 4.10. The first-order valence-electron chi connectivity index (χ1n) is 5.67. The van der Waals surface area contributed by atoms with Crippen molar-refractivity contribution in [3.05, 3.63) is 34.3 Å². The summed E-state index contributed by atoms with van der Waals surface area (Å²) in [5.41, 5.74) is 1.12. The van der Waals surface area contributed by atoms with Gasteiger partial charge in [0, 0.05) is 17.6 Å². The molecule has 1 aromatic carbocycles. The Labute approximate surface area is 125 Å². The van der Waals surface area contributed by atoms with E-state index in [2.05, 4.69) is 31.2 Å². The molecule has 4 nitrogen and oxygen atoms in total. The maximum Gasteiger partial charge on any atom is 0.225 e. The molecule has 0 saturated heterocycles. The van der Waals surface area contributed by atoms with Crippen molar-refractivity contribution in [3.8, 4) is 11.6 Å². The Morgan fingerprint density at radius 3 is 2.68 bits per heavy atom. The van der Waals surface area contributed by atoms with Crippen LogP contribution in [0, 0.1) is 6.92 Å². The van der Waals surface area contributed by atoms with Gasteiger partial charge in [-0.3, -0.25) is 0 Å². The Morgan fingerprint density at radius 2 is 2.05 bits per heavy atom. The highest BCUT2D eigenvalue weighted by molar-refractivity contribution is 9.10. The van der Waals surface area contributed by atoms with Gasteiger partial charge < -0.3 is 10.1 Å². The molecule has 2 aromatic rings. The van der Waals surface area contributed by atoms with Crippen LogP contribution in [0.15, 0.2) is 33.9 Å². The largest absolute Gasteiger partial charge is 0.439 e. The third-order valence-corrected chi connectivity index (χ3v) is 3.91. The van der Waals surface area contributed by atoms with Crippen molar-refractivity contribution in [2.45, 2.75) is 12.1 Å². The number of nitrogens with zero attached hydrogens (tertiary/aromatic N) is 2. The van der Waals surface area contributed by atoms with E-state index in [-0.39, 0.29) is 0 Å². The van der Waals surface area contributed by atoms with Gasteiger partial charge in [0.05, 0.1) is 0 Å². The fourth-order valence-corrected chi connectivity index (χ4v) is 2.09. The van der Waals surface area contributed by atoms with E-state index in [1.54, 1.807) is 6.07 Å². The number of thioether (sulfide) groups is 1. The molecule has 0 atom stereocenters. The van der Waals surface area contributed by atoms with Crippen molar-refractivity contribution < 1.29 is 4.74 Å². The Morgan fingerprint density at radius 1 is 1.26 bits per heavy atom. The van der Waals surface area contributed by atoms with E-state index in [0.29, 0.717) is 11.0 Å². The van der Waals surface area contributed by atoms with Crippen LogP contribution in [-0.2, 0) is 0 Å². The molecular formula is C13H14BrN3OS. The molecule has 0 fully saturated rings. The molecule has 2 rings (SSSR count). The van der Waals surface area contributed by atoms with E-state index in [1.165, 1.54) is 11.8 Å². The van der Waals surface area contributed by atoms with Crippen LogP contribution in [0.25, 0.3) is 0 Å². The number of nitrogens with one attached hydrogen (secondary N) is 1. The van der Waals surface area contributed by atoms with Crippen molar-refractivity contribution in [3.63, 3.8) is 0 Å². The second-order valence-corrected chi connectivity index (χ2v) is 5.47. The number of aromatic nitrogens is 2. The SMILES string of the molecule is CNc1cc(Oc2ccc(Br)c(C)c2)nc(SC)n1. The molecule has 6 heteroatoms. The summed E-state index contributed by atoms with van der Waals surface area (Å²) >= 11 is 4.94. The average molecular weight is 340 g/mol. The van der Waals surface area contributed by atoms with Gasteiger partial charge in [-0.15, -0.1) is 0 Å². The normalized spacial score (nSPS) is 10.3. The van der Waals surface area contributed by atoms with Gasteiger partial charge in [-0.05, 0) is 36.9 Å². The standard InChI is InChI=1S/C13H14BrN3OS/c1-8-6-9(4-5-10(8)14)18-12-7-11(15-2)16-13(17-12)19-3/h4-7H,1-3H3,(H,15,16,17). The Balaban J connectivity index is 2.29. The summed E-state index contributed by atoms with van der Waals surface area (Å²) in [6, 6.07) is 7.60. The maximum atomic E-state index is 5.77. The van der Waals surface area contributed by atoms with Crippen LogP contribution >= 0.6 is 27.7 Å². The molecule has 1 aromatic heterocycles. The molecule has 0 radical (unpaired) electrons. The number of aryl methyl sites for hydroxylation is 1. The number of rotatable bonds is 4. The van der Waals surface area contributed by atoms with Crippen LogP contribution in [0.2, 0.25) is 0 Å². The third kappa shape index (κ3) is 3.61. The summed E-state index contributed by atoms with van der Waals surface area (Å²) in [6.07, 6.45) is 1.93. The lowest BCUT2D eigenvalue weighted by atomic mass is 10.2. The van der Waals surface area contributed by atoms with E-state index in [0.717, 1.165) is 21.6 Å². The summed E-state index contributed by atoms with van der Waals surface area (Å²) in [7, 11) is 1.82. The summed E-state index contributed by atoms with van der Waals surface area (Å²) in [5, 5.41) is 3.67. The fourth-order valence-electron chi connectivity index (χ4n) is 1.48. The van der Waals surface area contributed by atoms with Crippen LogP contribution in [0.1, 0.15) is 5.56 Å². The van der Waals surface area contributed by atoms with Gasteiger partial charge in [0.15, 0.2) is 5.16 Å².